The Morgan fingerprint density at radius 1 is 1.38 bits per heavy atom. The van der Waals surface area contributed by atoms with Crippen LogP contribution in [0.25, 0.3) is 0 Å². The highest BCUT2D eigenvalue weighted by molar-refractivity contribution is 5.16. The van der Waals surface area contributed by atoms with Gasteiger partial charge in [-0.1, -0.05) is 13.8 Å². The molecule has 0 fully saturated rings. The van der Waals surface area contributed by atoms with Gasteiger partial charge in [-0.05, 0) is 12.8 Å². The minimum Gasteiger partial charge on any atom is -0.380 e. The second-order valence-corrected chi connectivity index (χ2v) is 3.92. The van der Waals surface area contributed by atoms with E-state index in [1.807, 2.05) is 11.7 Å². The molecule has 0 aliphatic rings. The SMILES string of the molecule is CCCOCCNCc1cn(C)nc1CC. The van der Waals surface area contributed by atoms with E-state index in [9.17, 15) is 0 Å². The quantitative estimate of drug-likeness (QED) is 0.681. The van der Waals surface area contributed by atoms with Crippen molar-refractivity contribution in [1.82, 2.24) is 15.1 Å². The number of ether oxygens (including phenoxy) is 1. The van der Waals surface area contributed by atoms with Crippen LogP contribution in [0.3, 0.4) is 0 Å². The summed E-state index contributed by atoms with van der Waals surface area (Å²) in [6, 6.07) is 0. The summed E-state index contributed by atoms with van der Waals surface area (Å²) in [6.45, 7) is 7.68. The van der Waals surface area contributed by atoms with Gasteiger partial charge >= 0.3 is 0 Å². The second kappa shape index (κ2) is 7.41. The highest BCUT2D eigenvalue weighted by Gasteiger charge is 2.04. The summed E-state index contributed by atoms with van der Waals surface area (Å²) in [5.41, 5.74) is 2.48. The molecule has 4 nitrogen and oxygen atoms in total. The Labute approximate surface area is 98.0 Å². The van der Waals surface area contributed by atoms with Crippen molar-refractivity contribution in [3.8, 4) is 0 Å². The molecular weight excluding hydrogens is 202 g/mol. The minimum absolute atomic E-state index is 0.787. The van der Waals surface area contributed by atoms with E-state index in [1.165, 1.54) is 11.3 Å². The summed E-state index contributed by atoms with van der Waals surface area (Å²) in [7, 11) is 1.97. The molecule has 1 rings (SSSR count). The molecule has 16 heavy (non-hydrogen) atoms. The van der Waals surface area contributed by atoms with Gasteiger partial charge in [-0.15, -0.1) is 0 Å². The Hall–Kier alpha value is -0.870. The smallest absolute Gasteiger partial charge is 0.0666 e. The third-order valence-electron chi connectivity index (χ3n) is 2.41. The van der Waals surface area contributed by atoms with Crippen molar-refractivity contribution >= 4 is 0 Å². The van der Waals surface area contributed by atoms with E-state index in [-0.39, 0.29) is 0 Å². The molecule has 0 atom stereocenters. The molecule has 1 aromatic heterocycles. The Bertz CT molecular complexity index is 296. The Morgan fingerprint density at radius 2 is 2.19 bits per heavy atom. The van der Waals surface area contributed by atoms with Crippen LogP contribution in [-0.4, -0.2) is 29.5 Å². The van der Waals surface area contributed by atoms with E-state index in [1.54, 1.807) is 0 Å². The maximum absolute atomic E-state index is 5.40. The number of nitrogens with zero attached hydrogens (tertiary/aromatic N) is 2. The summed E-state index contributed by atoms with van der Waals surface area (Å²) in [4.78, 5) is 0. The fourth-order valence-corrected chi connectivity index (χ4v) is 1.64. The van der Waals surface area contributed by atoms with Gasteiger partial charge in [-0.3, -0.25) is 4.68 Å². The van der Waals surface area contributed by atoms with E-state index in [0.717, 1.165) is 39.1 Å². The number of rotatable bonds is 8. The maximum Gasteiger partial charge on any atom is 0.0666 e. The molecule has 0 amide bonds. The Balaban J connectivity index is 2.21. The predicted octanol–water partition coefficient (Wildman–Crippen LogP) is 1.50. The largest absolute Gasteiger partial charge is 0.380 e. The van der Waals surface area contributed by atoms with E-state index < -0.39 is 0 Å². The van der Waals surface area contributed by atoms with Crippen LogP contribution >= 0.6 is 0 Å². The molecule has 0 bridgehead atoms. The lowest BCUT2D eigenvalue weighted by molar-refractivity contribution is 0.136. The lowest BCUT2D eigenvalue weighted by Gasteiger charge is -2.04. The highest BCUT2D eigenvalue weighted by Crippen LogP contribution is 2.06. The fraction of sp³-hybridized carbons (Fsp3) is 0.750. The Kier molecular flexibility index (Phi) is 6.11. The average Bonchev–Trinajstić information content (AvgIpc) is 2.64. The van der Waals surface area contributed by atoms with Crippen molar-refractivity contribution in [1.29, 1.82) is 0 Å². The predicted molar refractivity (Wildman–Crippen MR) is 65.4 cm³/mol. The topological polar surface area (TPSA) is 39.1 Å². The average molecular weight is 225 g/mol. The zero-order valence-electron chi connectivity index (χ0n) is 10.6. The van der Waals surface area contributed by atoms with E-state index >= 15 is 0 Å². The van der Waals surface area contributed by atoms with E-state index in [4.69, 9.17) is 4.74 Å². The third-order valence-corrected chi connectivity index (χ3v) is 2.41. The number of nitrogens with one attached hydrogen (secondary N) is 1. The van der Waals surface area contributed by atoms with Crippen LogP contribution in [-0.2, 0) is 24.8 Å². The van der Waals surface area contributed by atoms with Gasteiger partial charge in [0.15, 0.2) is 0 Å². The lowest BCUT2D eigenvalue weighted by atomic mass is 10.2. The zero-order chi connectivity index (χ0) is 11.8. The van der Waals surface area contributed by atoms with Crippen LogP contribution in [0, 0.1) is 0 Å². The van der Waals surface area contributed by atoms with Crippen molar-refractivity contribution in [2.24, 2.45) is 7.05 Å². The number of hydrogen-bond acceptors (Lipinski definition) is 3. The van der Waals surface area contributed by atoms with E-state index in [2.05, 4.69) is 30.5 Å². The molecule has 0 saturated heterocycles. The molecule has 0 aliphatic carbocycles. The monoisotopic (exact) mass is 225 g/mol. The van der Waals surface area contributed by atoms with Crippen LogP contribution < -0.4 is 5.32 Å². The van der Waals surface area contributed by atoms with Crippen LogP contribution in [0.4, 0.5) is 0 Å². The van der Waals surface area contributed by atoms with Gasteiger partial charge < -0.3 is 10.1 Å². The van der Waals surface area contributed by atoms with Crippen molar-refractivity contribution in [3.63, 3.8) is 0 Å². The van der Waals surface area contributed by atoms with E-state index in [0.29, 0.717) is 0 Å². The normalized spacial score (nSPS) is 10.9. The number of hydrogen-bond donors (Lipinski definition) is 1. The molecule has 92 valence electrons. The molecule has 4 heteroatoms. The van der Waals surface area contributed by atoms with Gasteiger partial charge in [-0.2, -0.15) is 5.10 Å². The molecule has 1 N–H and O–H groups in total. The molecule has 0 saturated carbocycles. The summed E-state index contributed by atoms with van der Waals surface area (Å²) in [6.07, 6.45) is 4.16. The fourth-order valence-electron chi connectivity index (χ4n) is 1.64. The molecule has 1 aromatic rings. The molecule has 1 heterocycles. The van der Waals surface area contributed by atoms with Crippen molar-refractivity contribution in [3.05, 3.63) is 17.5 Å². The van der Waals surface area contributed by atoms with Gasteiger partial charge in [-0.25, -0.2) is 0 Å². The molecule has 0 unspecified atom stereocenters. The van der Waals surface area contributed by atoms with Gasteiger partial charge in [0.05, 0.1) is 12.3 Å². The molecule has 0 radical (unpaired) electrons. The number of aryl methyl sites for hydroxylation is 2. The molecule has 0 spiro atoms. The van der Waals surface area contributed by atoms with Gasteiger partial charge in [0.2, 0.25) is 0 Å². The third kappa shape index (κ3) is 4.33. The standard InChI is InChI=1S/C12H23N3O/c1-4-7-16-8-6-13-9-11-10-15(3)14-12(11)5-2/h10,13H,4-9H2,1-3H3. The summed E-state index contributed by atoms with van der Waals surface area (Å²) in [5, 5.41) is 7.77. The van der Waals surface area contributed by atoms with Crippen LogP contribution in [0.15, 0.2) is 6.20 Å². The molecular formula is C12H23N3O. The number of aromatic nitrogens is 2. The maximum atomic E-state index is 5.40. The van der Waals surface area contributed by atoms with Crippen molar-refractivity contribution in [2.45, 2.75) is 33.2 Å². The molecule has 0 aliphatic heterocycles. The first-order chi connectivity index (χ1) is 7.77. The molecule has 0 aromatic carbocycles. The van der Waals surface area contributed by atoms with Gasteiger partial charge in [0, 0.05) is 38.5 Å². The van der Waals surface area contributed by atoms with Gasteiger partial charge in [0.1, 0.15) is 0 Å². The van der Waals surface area contributed by atoms with Crippen molar-refractivity contribution < 1.29 is 4.74 Å². The Morgan fingerprint density at radius 3 is 2.88 bits per heavy atom. The van der Waals surface area contributed by atoms with Gasteiger partial charge in [0.25, 0.3) is 0 Å². The first-order valence-corrected chi connectivity index (χ1v) is 6.07. The first kappa shape index (κ1) is 13.2. The van der Waals surface area contributed by atoms with Crippen LogP contribution in [0.1, 0.15) is 31.5 Å². The first-order valence-electron chi connectivity index (χ1n) is 6.07. The second-order valence-electron chi connectivity index (χ2n) is 3.92. The van der Waals surface area contributed by atoms with Crippen molar-refractivity contribution in [2.75, 3.05) is 19.8 Å². The highest BCUT2D eigenvalue weighted by atomic mass is 16.5. The lowest BCUT2D eigenvalue weighted by Crippen LogP contribution is -2.19. The summed E-state index contributed by atoms with van der Waals surface area (Å²) < 4.78 is 7.28. The van der Waals surface area contributed by atoms with Crippen LogP contribution in [0.2, 0.25) is 0 Å². The van der Waals surface area contributed by atoms with Crippen LogP contribution in [0.5, 0.6) is 0 Å². The summed E-state index contributed by atoms with van der Waals surface area (Å²) >= 11 is 0. The minimum atomic E-state index is 0.787. The summed E-state index contributed by atoms with van der Waals surface area (Å²) in [5.74, 6) is 0. The zero-order valence-corrected chi connectivity index (χ0v) is 10.6.